The highest BCUT2D eigenvalue weighted by Gasteiger charge is 2.31. The Balaban J connectivity index is 1.60. The van der Waals surface area contributed by atoms with Crippen LogP contribution in [0.4, 0.5) is 11.4 Å². The Morgan fingerprint density at radius 2 is 1.50 bits per heavy atom. The molecule has 1 heterocycles. The SMILES string of the molecule is CCOC(=O)[C@@H](Cc1ccccc1)C(=O)N[C@@H](Cc1ccc(N(c2ccccc2)S(=O)(=O)O)cc1)c1nc(CC)cs1. The minimum atomic E-state index is -4.59. The van der Waals surface area contributed by atoms with Crippen molar-refractivity contribution in [2.24, 2.45) is 5.92 Å². The number of benzene rings is 3. The molecular weight excluding hydrogens is 574 g/mol. The molecular formula is C31H33N3O6S2. The number of aryl methyl sites for hydroxylation is 1. The average molecular weight is 608 g/mol. The van der Waals surface area contributed by atoms with Crippen LogP contribution in [0.15, 0.2) is 90.3 Å². The van der Waals surface area contributed by atoms with E-state index >= 15 is 0 Å². The lowest BCUT2D eigenvalue weighted by Crippen LogP contribution is -2.40. The summed E-state index contributed by atoms with van der Waals surface area (Å²) in [4.78, 5) is 31.1. The molecule has 2 atom stereocenters. The van der Waals surface area contributed by atoms with E-state index in [1.165, 1.54) is 11.3 Å². The second-order valence-corrected chi connectivity index (χ2v) is 11.7. The van der Waals surface area contributed by atoms with Gasteiger partial charge in [-0.05, 0) is 61.6 Å². The molecule has 0 aliphatic rings. The number of nitrogens with one attached hydrogen (secondary N) is 1. The molecule has 0 aliphatic carbocycles. The number of anilines is 2. The number of ether oxygens (including phenoxy) is 1. The zero-order valence-corrected chi connectivity index (χ0v) is 25.0. The predicted octanol–water partition coefficient (Wildman–Crippen LogP) is 5.47. The molecule has 4 rings (SSSR count). The summed E-state index contributed by atoms with van der Waals surface area (Å²) < 4.78 is 40.4. The van der Waals surface area contributed by atoms with Crippen LogP contribution >= 0.6 is 11.3 Å². The van der Waals surface area contributed by atoms with E-state index in [4.69, 9.17) is 4.74 Å². The number of esters is 1. The van der Waals surface area contributed by atoms with Crippen molar-refractivity contribution in [3.05, 3.63) is 112 Å². The van der Waals surface area contributed by atoms with Crippen LogP contribution in [-0.4, -0.2) is 36.4 Å². The third kappa shape index (κ3) is 8.03. The molecule has 1 aromatic heterocycles. The lowest BCUT2D eigenvalue weighted by molar-refractivity contribution is -0.152. The van der Waals surface area contributed by atoms with Gasteiger partial charge in [0.05, 0.1) is 29.7 Å². The Morgan fingerprint density at radius 1 is 0.905 bits per heavy atom. The fraction of sp³-hybridized carbons (Fsp3) is 0.258. The molecule has 0 saturated heterocycles. The van der Waals surface area contributed by atoms with Crippen molar-refractivity contribution in [2.75, 3.05) is 10.9 Å². The minimum Gasteiger partial charge on any atom is -0.465 e. The molecule has 2 N–H and O–H groups in total. The second kappa shape index (κ2) is 14.2. The Kier molecular flexibility index (Phi) is 10.5. The monoisotopic (exact) mass is 607 g/mol. The molecule has 0 bridgehead atoms. The van der Waals surface area contributed by atoms with Gasteiger partial charge in [0.1, 0.15) is 10.9 Å². The van der Waals surface area contributed by atoms with E-state index in [0.29, 0.717) is 11.4 Å². The normalized spacial score (nSPS) is 12.7. The van der Waals surface area contributed by atoms with Gasteiger partial charge in [-0.1, -0.05) is 67.6 Å². The fourth-order valence-corrected chi connectivity index (χ4v) is 6.20. The molecule has 1 amide bonds. The van der Waals surface area contributed by atoms with Crippen molar-refractivity contribution >= 4 is 44.9 Å². The standard InChI is InChI=1S/C31H33N3O6S2/c1-3-24-21-41-30(32-24)28(33-29(35)27(31(36)40-4-2)19-22-11-7-5-8-12-22)20-23-15-17-26(18-16-23)34(42(37,38)39)25-13-9-6-10-14-25/h5-18,21,27-28H,3-4,19-20H2,1-2H3,(H,33,35)(H,37,38,39)/t27-,28-/m0/s1. The Bertz CT molecular complexity index is 1580. The molecule has 0 aliphatic heterocycles. The predicted molar refractivity (Wildman–Crippen MR) is 163 cm³/mol. The van der Waals surface area contributed by atoms with Crippen LogP contribution in [0.2, 0.25) is 0 Å². The largest absolute Gasteiger partial charge is 0.465 e. The number of aromatic nitrogens is 1. The van der Waals surface area contributed by atoms with Crippen molar-refractivity contribution < 1.29 is 27.3 Å². The van der Waals surface area contributed by atoms with Gasteiger partial charge in [-0.25, -0.2) is 9.29 Å². The van der Waals surface area contributed by atoms with Crippen molar-refractivity contribution in [1.82, 2.24) is 10.3 Å². The minimum absolute atomic E-state index is 0.156. The number of thiazole rings is 1. The Hall–Kier alpha value is -4.06. The first-order chi connectivity index (χ1) is 20.2. The molecule has 0 fully saturated rings. The van der Waals surface area contributed by atoms with Gasteiger partial charge < -0.3 is 10.1 Å². The Morgan fingerprint density at radius 3 is 2.07 bits per heavy atom. The summed E-state index contributed by atoms with van der Waals surface area (Å²) >= 11 is 1.42. The van der Waals surface area contributed by atoms with Crippen LogP contribution in [0, 0.1) is 5.92 Å². The van der Waals surface area contributed by atoms with E-state index in [-0.39, 0.29) is 24.4 Å². The van der Waals surface area contributed by atoms with Gasteiger partial charge in [0, 0.05) is 5.38 Å². The van der Waals surface area contributed by atoms with Gasteiger partial charge in [0.15, 0.2) is 0 Å². The number of rotatable bonds is 13. The lowest BCUT2D eigenvalue weighted by Gasteiger charge is -2.23. The van der Waals surface area contributed by atoms with Crippen molar-refractivity contribution in [3.8, 4) is 0 Å². The second-order valence-electron chi connectivity index (χ2n) is 9.53. The van der Waals surface area contributed by atoms with E-state index in [1.807, 2.05) is 42.6 Å². The molecule has 220 valence electrons. The Labute approximate surface area is 250 Å². The van der Waals surface area contributed by atoms with E-state index < -0.39 is 34.1 Å². The first kappa shape index (κ1) is 30.9. The molecule has 0 radical (unpaired) electrons. The quantitative estimate of drug-likeness (QED) is 0.117. The summed E-state index contributed by atoms with van der Waals surface area (Å²) in [7, 11) is -4.59. The summed E-state index contributed by atoms with van der Waals surface area (Å²) in [5.41, 5.74) is 3.05. The number of nitrogens with zero attached hydrogens (tertiary/aromatic N) is 2. The first-order valence-corrected chi connectivity index (χ1v) is 15.8. The maximum Gasteiger partial charge on any atom is 0.364 e. The van der Waals surface area contributed by atoms with Crippen LogP contribution in [-0.2, 0) is 43.9 Å². The van der Waals surface area contributed by atoms with E-state index in [9.17, 15) is 22.6 Å². The first-order valence-electron chi connectivity index (χ1n) is 13.6. The van der Waals surface area contributed by atoms with E-state index in [1.54, 1.807) is 61.5 Å². The summed E-state index contributed by atoms with van der Waals surface area (Å²) in [6.07, 6.45) is 1.26. The van der Waals surface area contributed by atoms with Crippen molar-refractivity contribution in [1.29, 1.82) is 0 Å². The maximum atomic E-state index is 13.6. The molecule has 42 heavy (non-hydrogen) atoms. The van der Waals surface area contributed by atoms with Gasteiger partial charge >= 0.3 is 16.3 Å². The molecule has 0 unspecified atom stereocenters. The molecule has 0 spiro atoms. The van der Waals surface area contributed by atoms with Gasteiger partial charge in [0.25, 0.3) is 0 Å². The third-order valence-electron chi connectivity index (χ3n) is 6.55. The number of carbonyl (C=O) groups excluding carboxylic acids is 2. The number of carbonyl (C=O) groups is 2. The smallest absolute Gasteiger partial charge is 0.364 e. The number of hydrogen-bond acceptors (Lipinski definition) is 7. The van der Waals surface area contributed by atoms with E-state index in [2.05, 4.69) is 10.3 Å². The van der Waals surface area contributed by atoms with Crippen LogP contribution in [0.5, 0.6) is 0 Å². The molecule has 9 nitrogen and oxygen atoms in total. The van der Waals surface area contributed by atoms with Crippen LogP contribution in [0.1, 0.15) is 41.7 Å². The molecule has 11 heteroatoms. The highest BCUT2D eigenvalue weighted by molar-refractivity contribution is 7.87. The average Bonchev–Trinajstić information content (AvgIpc) is 3.46. The molecule has 4 aromatic rings. The zero-order valence-electron chi connectivity index (χ0n) is 23.3. The summed E-state index contributed by atoms with van der Waals surface area (Å²) in [5.74, 6) is -2.10. The summed E-state index contributed by atoms with van der Waals surface area (Å²) in [6, 6.07) is 23.6. The van der Waals surface area contributed by atoms with Gasteiger partial charge in [0.2, 0.25) is 5.91 Å². The van der Waals surface area contributed by atoms with Crippen LogP contribution < -0.4 is 9.62 Å². The van der Waals surface area contributed by atoms with Crippen molar-refractivity contribution in [2.45, 2.75) is 39.2 Å². The van der Waals surface area contributed by atoms with Gasteiger partial charge in [-0.3, -0.25) is 14.1 Å². The van der Waals surface area contributed by atoms with Crippen LogP contribution in [0.25, 0.3) is 0 Å². The highest BCUT2D eigenvalue weighted by atomic mass is 32.2. The van der Waals surface area contributed by atoms with Crippen LogP contribution in [0.3, 0.4) is 0 Å². The summed E-state index contributed by atoms with van der Waals surface area (Å²) in [5, 5.41) is 5.66. The lowest BCUT2D eigenvalue weighted by atomic mass is 9.97. The number of hydrogen-bond donors (Lipinski definition) is 2. The van der Waals surface area contributed by atoms with Gasteiger partial charge in [-0.15, -0.1) is 11.3 Å². The number of amides is 1. The zero-order chi connectivity index (χ0) is 30.1. The fourth-order valence-electron chi connectivity index (χ4n) is 4.48. The van der Waals surface area contributed by atoms with Gasteiger partial charge in [-0.2, -0.15) is 8.42 Å². The topological polar surface area (TPSA) is 126 Å². The van der Waals surface area contributed by atoms with Crippen molar-refractivity contribution in [3.63, 3.8) is 0 Å². The number of para-hydroxylation sites is 1. The molecule has 0 saturated carbocycles. The third-order valence-corrected chi connectivity index (χ3v) is 8.44. The summed E-state index contributed by atoms with van der Waals surface area (Å²) in [6.45, 7) is 3.85. The molecule has 3 aromatic carbocycles. The maximum absolute atomic E-state index is 13.6. The highest BCUT2D eigenvalue weighted by Crippen LogP contribution is 2.30. The van der Waals surface area contributed by atoms with E-state index in [0.717, 1.165) is 27.5 Å².